The molecule has 0 radical (unpaired) electrons. The summed E-state index contributed by atoms with van der Waals surface area (Å²) in [6.45, 7) is 0.822. The van der Waals surface area contributed by atoms with Crippen LogP contribution in [0.15, 0.2) is 21.6 Å². The number of aromatic carboxylic acids is 1. The van der Waals surface area contributed by atoms with Gasteiger partial charge in [0.05, 0.1) is 0 Å². The van der Waals surface area contributed by atoms with Crippen molar-refractivity contribution in [2.24, 2.45) is 0 Å². The van der Waals surface area contributed by atoms with E-state index < -0.39 is 16.0 Å². The highest BCUT2D eigenvalue weighted by Crippen LogP contribution is 2.23. The Hall–Kier alpha value is -1.38. The Morgan fingerprint density at radius 3 is 2.40 bits per heavy atom. The first-order valence-corrected chi connectivity index (χ1v) is 7.76. The van der Waals surface area contributed by atoms with Gasteiger partial charge in [0, 0.05) is 19.1 Å². The largest absolute Gasteiger partial charge is 0.475 e. The SMILES string of the molecule is CN(C)C1CCN(S(=O)(=O)c2ccc(C(=O)O)o2)CC1. The van der Waals surface area contributed by atoms with E-state index in [-0.39, 0.29) is 10.9 Å². The van der Waals surface area contributed by atoms with Crippen molar-refractivity contribution >= 4 is 16.0 Å². The van der Waals surface area contributed by atoms with Gasteiger partial charge in [0.1, 0.15) is 0 Å². The summed E-state index contributed by atoms with van der Waals surface area (Å²) in [6.07, 6.45) is 1.50. The second kappa shape index (κ2) is 5.55. The third-order valence-electron chi connectivity index (χ3n) is 3.54. The van der Waals surface area contributed by atoms with E-state index in [1.54, 1.807) is 0 Å². The zero-order chi connectivity index (χ0) is 14.9. The highest BCUT2D eigenvalue weighted by atomic mass is 32.2. The lowest BCUT2D eigenvalue weighted by Crippen LogP contribution is -2.44. The average molecular weight is 302 g/mol. The highest BCUT2D eigenvalue weighted by Gasteiger charge is 2.32. The molecule has 0 amide bonds. The molecule has 1 aliphatic rings. The molecular formula is C12H18N2O5S. The van der Waals surface area contributed by atoms with Gasteiger partial charge in [-0.3, -0.25) is 0 Å². The lowest BCUT2D eigenvalue weighted by Gasteiger charge is -2.33. The normalized spacial score (nSPS) is 18.6. The Morgan fingerprint density at radius 2 is 1.95 bits per heavy atom. The van der Waals surface area contributed by atoms with Gasteiger partial charge in [-0.2, -0.15) is 4.31 Å². The van der Waals surface area contributed by atoms with Crippen molar-refractivity contribution in [1.82, 2.24) is 9.21 Å². The minimum Gasteiger partial charge on any atom is -0.475 e. The molecule has 1 aromatic heterocycles. The van der Waals surface area contributed by atoms with E-state index in [4.69, 9.17) is 9.52 Å². The van der Waals surface area contributed by atoms with Crippen molar-refractivity contribution in [3.8, 4) is 0 Å². The molecule has 0 spiro atoms. The van der Waals surface area contributed by atoms with Gasteiger partial charge in [-0.25, -0.2) is 13.2 Å². The van der Waals surface area contributed by atoms with Crippen LogP contribution in [-0.4, -0.2) is 61.9 Å². The summed E-state index contributed by atoms with van der Waals surface area (Å²) in [5, 5.41) is 8.46. The number of nitrogens with zero attached hydrogens (tertiary/aromatic N) is 2. The molecule has 0 atom stereocenters. The second-order valence-corrected chi connectivity index (χ2v) is 6.89. The Kier molecular flexibility index (Phi) is 4.17. The van der Waals surface area contributed by atoms with Crippen molar-refractivity contribution in [1.29, 1.82) is 0 Å². The number of carbonyl (C=O) groups is 1. The molecule has 0 aromatic carbocycles. The van der Waals surface area contributed by atoms with Gasteiger partial charge in [0.25, 0.3) is 10.0 Å². The van der Waals surface area contributed by atoms with Crippen molar-refractivity contribution in [2.75, 3.05) is 27.2 Å². The molecule has 1 aliphatic heterocycles. The van der Waals surface area contributed by atoms with Crippen LogP contribution in [0.2, 0.25) is 0 Å². The monoisotopic (exact) mass is 302 g/mol. The summed E-state index contributed by atoms with van der Waals surface area (Å²) < 4.78 is 30.9. The first kappa shape index (κ1) is 15.0. The molecule has 1 N–H and O–H groups in total. The third kappa shape index (κ3) is 2.87. The number of rotatable bonds is 4. The van der Waals surface area contributed by atoms with Crippen molar-refractivity contribution in [2.45, 2.75) is 24.0 Å². The summed E-state index contributed by atoms with van der Waals surface area (Å²) in [7, 11) is 0.206. The fourth-order valence-electron chi connectivity index (χ4n) is 2.30. The molecule has 7 nitrogen and oxygen atoms in total. The van der Waals surface area contributed by atoms with Crippen LogP contribution in [0.25, 0.3) is 0 Å². The van der Waals surface area contributed by atoms with Crippen LogP contribution >= 0.6 is 0 Å². The number of carboxylic acid groups (broad SMARTS) is 1. The van der Waals surface area contributed by atoms with Crippen LogP contribution in [-0.2, 0) is 10.0 Å². The second-order valence-electron chi connectivity index (χ2n) is 5.02. The molecule has 2 heterocycles. The van der Waals surface area contributed by atoms with E-state index in [9.17, 15) is 13.2 Å². The Balaban J connectivity index is 2.13. The van der Waals surface area contributed by atoms with Crippen LogP contribution in [0.4, 0.5) is 0 Å². The van der Waals surface area contributed by atoms with Gasteiger partial charge < -0.3 is 14.4 Å². The van der Waals surface area contributed by atoms with Crippen LogP contribution in [0, 0.1) is 0 Å². The smallest absolute Gasteiger partial charge is 0.371 e. The fourth-order valence-corrected chi connectivity index (χ4v) is 3.68. The number of hydrogen-bond acceptors (Lipinski definition) is 5. The third-order valence-corrected chi connectivity index (χ3v) is 5.31. The van der Waals surface area contributed by atoms with Crippen LogP contribution in [0.5, 0.6) is 0 Å². The molecular weight excluding hydrogens is 284 g/mol. The zero-order valence-corrected chi connectivity index (χ0v) is 12.3. The summed E-state index contributed by atoms with van der Waals surface area (Å²) in [5.41, 5.74) is 0. The molecule has 8 heteroatoms. The lowest BCUT2D eigenvalue weighted by molar-refractivity contribution is 0.0656. The predicted octanol–water partition coefficient (Wildman–Crippen LogP) is 0.693. The van der Waals surface area contributed by atoms with Crippen molar-refractivity contribution in [3.63, 3.8) is 0 Å². The quantitative estimate of drug-likeness (QED) is 0.880. The maximum absolute atomic E-state index is 12.3. The zero-order valence-electron chi connectivity index (χ0n) is 11.4. The van der Waals surface area contributed by atoms with Crippen LogP contribution < -0.4 is 0 Å². The molecule has 0 aliphatic carbocycles. The van der Waals surface area contributed by atoms with Gasteiger partial charge in [0.15, 0.2) is 0 Å². The Labute approximate surface area is 117 Å². The number of sulfonamides is 1. The summed E-state index contributed by atoms with van der Waals surface area (Å²) >= 11 is 0. The molecule has 112 valence electrons. The fraction of sp³-hybridized carbons (Fsp3) is 0.583. The van der Waals surface area contributed by atoms with Gasteiger partial charge >= 0.3 is 5.97 Å². The molecule has 0 bridgehead atoms. The number of piperidine rings is 1. The first-order chi connectivity index (χ1) is 9.32. The minimum atomic E-state index is -3.74. The maximum Gasteiger partial charge on any atom is 0.371 e. The van der Waals surface area contributed by atoms with Crippen LogP contribution in [0.3, 0.4) is 0 Å². The summed E-state index contributed by atoms with van der Waals surface area (Å²) in [4.78, 5) is 12.8. The van der Waals surface area contributed by atoms with E-state index in [1.165, 1.54) is 10.4 Å². The van der Waals surface area contributed by atoms with E-state index >= 15 is 0 Å². The molecule has 1 aromatic rings. The van der Waals surface area contributed by atoms with Crippen molar-refractivity contribution < 1.29 is 22.7 Å². The predicted molar refractivity (Wildman–Crippen MR) is 71.1 cm³/mol. The van der Waals surface area contributed by atoms with Gasteiger partial charge in [-0.05, 0) is 39.1 Å². The first-order valence-electron chi connectivity index (χ1n) is 6.32. The standard InChI is InChI=1S/C12H18N2O5S/c1-13(2)9-5-7-14(8-6-9)20(17,18)11-4-3-10(19-11)12(15)16/h3-4,9H,5-8H2,1-2H3,(H,15,16). The molecule has 2 rings (SSSR count). The van der Waals surface area contributed by atoms with Crippen LogP contribution in [0.1, 0.15) is 23.4 Å². The molecule has 0 unspecified atom stereocenters. The molecule has 1 fully saturated rings. The summed E-state index contributed by atoms with van der Waals surface area (Å²) in [6, 6.07) is 2.71. The van der Waals surface area contributed by atoms with E-state index in [0.29, 0.717) is 19.1 Å². The topological polar surface area (TPSA) is 91.1 Å². The molecule has 20 heavy (non-hydrogen) atoms. The van der Waals surface area contributed by atoms with Crippen molar-refractivity contribution in [3.05, 3.63) is 17.9 Å². The summed E-state index contributed by atoms with van der Waals surface area (Å²) in [5.74, 6) is -1.65. The average Bonchev–Trinajstić information content (AvgIpc) is 2.89. The number of carboxylic acids is 1. The minimum absolute atomic E-state index is 0.307. The highest BCUT2D eigenvalue weighted by molar-refractivity contribution is 7.89. The lowest BCUT2D eigenvalue weighted by atomic mass is 10.1. The van der Waals surface area contributed by atoms with Gasteiger partial charge in [-0.15, -0.1) is 0 Å². The Bertz CT molecular complexity index is 585. The number of furan rings is 1. The molecule has 1 saturated heterocycles. The van der Waals surface area contributed by atoms with E-state index in [1.807, 2.05) is 14.1 Å². The van der Waals surface area contributed by atoms with E-state index in [0.717, 1.165) is 18.9 Å². The maximum atomic E-state index is 12.3. The number of hydrogen-bond donors (Lipinski definition) is 1. The van der Waals surface area contributed by atoms with Gasteiger partial charge in [0.2, 0.25) is 10.9 Å². The van der Waals surface area contributed by atoms with Gasteiger partial charge in [-0.1, -0.05) is 0 Å². The Morgan fingerprint density at radius 1 is 1.35 bits per heavy atom. The van der Waals surface area contributed by atoms with E-state index in [2.05, 4.69) is 4.90 Å². The molecule has 0 saturated carbocycles.